The first-order valence-electron chi connectivity index (χ1n) is 10.6. The van der Waals surface area contributed by atoms with Gasteiger partial charge in [-0.2, -0.15) is 5.10 Å². The molecule has 0 bridgehead atoms. The van der Waals surface area contributed by atoms with E-state index >= 15 is 0 Å². The molecule has 0 aliphatic carbocycles. The molecule has 0 saturated heterocycles. The number of amides is 1. The van der Waals surface area contributed by atoms with Gasteiger partial charge in [-0.3, -0.25) is 14.6 Å². The van der Waals surface area contributed by atoms with Gasteiger partial charge < -0.3 is 4.90 Å². The van der Waals surface area contributed by atoms with Crippen molar-refractivity contribution in [2.45, 2.75) is 65.6 Å². The van der Waals surface area contributed by atoms with E-state index in [4.69, 9.17) is 0 Å². The molecule has 3 aromatic rings. The number of fused-ring (bicyclic) bond motifs is 1. The van der Waals surface area contributed by atoms with Crippen molar-refractivity contribution in [1.82, 2.24) is 19.7 Å². The molecule has 6 nitrogen and oxygen atoms in total. The van der Waals surface area contributed by atoms with Crippen LogP contribution in [-0.2, 0) is 17.8 Å². The standard InChI is InChI=1S/C24H30N4O2/c1-5-17(3)28(18(4)6-2)23(29)16-27-24(30)21-10-8-7-9-20(21)22(26-27)15-19-11-13-25-14-12-19/h7-14,17-18H,5-6,15-16H2,1-4H3. The molecule has 2 heterocycles. The van der Waals surface area contributed by atoms with Crippen molar-refractivity contribution in [2.24, 2.45) is 0 Å². The summed E-state index contributed by atoms with van der Waals surface area (Å²) in [5, 5.41) is 6.03. The average Bonchev–Trinajstić information content (AvgIpc) is 2.77. The zero-order valence-corrected chi connectivity index (χ0v) is 18.2. The summed E-state index contributed by atoms with van der Waals surface area (Å²) in [6.07, 6.45) is 5.78. The summed E-state index contributed by atoms with van der Waals surface area (Å²) >= 11 is 0. The van der Waals surface area contributed by atoms with Gasteiger partial charge in [-0.05, 0) is 50.5 Å². The zero-order chi connectivity index (χ0) is 21.7. The summed E-state index contributed by atoms with van der Waals surface area (Å²) in [5.74, 6) is -0.0709. The number of nitrogens with zero attached hydrogens (tertiary/aromatic N) is 4. The van der Waals surface area contributed by atoms with Crippen LogP contribution in [0.4, 0.5) is 0 Å². The maximum absolute atomic E-state index is 13.2. The summed E-state index contributed by atoms with van der Waals surface area (Å²) in [6.45, 7) is 8.19. The Labute approximate surface area is 177 Å². The van der Waals surface area contributed by atoms with Crippen LogP contribution in [0.3, 0.4) is 0 Å². The highest BCUT2D eigenvalue weighted by Crippen LogP contribution is 2.17. The molecule has 0 fully saturated rings. The molecule has 30 heavy (non-hydrogen) atoms. The summed E-state index contributed by atoms with van der Waals surface area (Å²) in [7, 11) is 0. The third kappa shape index (κ3) is 4.58. The Morgan fingerprint density at radius 1 is 1.00 bits per heavy atom. The molecule has 0 radical (unpaired) electrons. The van der Waals surface area contributed by atoms with Crippen LogP contribution in [0, 0.1) is 0 Å². The van der Waals surface area contributed by atoms with E-state index in [0.29, 0.717) is 11.8 Å². The molecule has 2 aromatic heterocycles. The summed E-state index contributed by atoms with van der Waals surface area (Å²) in [4.78, 5) is 32.2. The smallest absolute Gasteiger partial charge is 0.275 e. The molecule has 158 valence electrons. The van der Waals surface area contributed by atoms with Gasteiger partial charge in [0.15, 0.2) is 0 Å². The van der Waals surface area contributed by atoms with Gasteiger partial charge in [-0.1, -0.05) is 32.0 Å². The van der Waals surface area contributed by atoms with Gasteiger partial charge in [0, 0.05) is 36.3 Å². The van der Waals surface area contributed by atoms with Crippen LogP contribution in [0.2, 0.25) is 0 Å². The van der Waals surface area contributed by atoms with Crippen LogP contribution in [0.25, 0.3) is 10.8 Å². The Hall–Kier alpha value is -3.02. The summed E-state index contributed by atoms with van der Waals surface area (Å²) in [6, 6.07) is 11.6. The largest absolute Gasteiger partial charge is 0.336 e. The van der Waals surface area contributed by atoms with Crippen molar-refractivity contribution in [3.63, 3.8) is 0 Å². The van der Waals surface area contributed by atoms with E-state index in [1.807, 2.05) is 35.2 Å². The number of hydrogen-bond acceptors (Lipinski definition) is 4. The van der Waals surface area contributed by atoms with E-state index in [0.717, 1.165) is 29.5 Å². The molecule has 1 aromatic carbocycles. The molecule has 0 spiro atoms. The van der Waals surface area contributed by atoms with Crippen LogP contribution in [-0.4, -0.2) is 37.7 Å². The Kier molecular flexibility index (Phi) is 6.98. The van der Waals surface area contributed by atoms with Gasteiger partial charge in [-0.25, -0.2) is 4.68 Å². The second-order valence-corrected chi connectivity index (χ2v) is 7.80. The number of pyridine rings is 1. The van der Waals surface area contributed by atoms with E-state index in [-0.39, 0.29) is 30.1 Å². The van der Waals surface area contributed by atoms with Crippen LogP contribution < -0.4 is 5.56 Å². The fourth-order valence-electron chi connectivity index (χ4n) is 3.77. The van der Waals surface area contributed by atoms with Gasteiger partial charge >= 0.3 is 0 Å². The molecule has 0 aliphatic heterocycles. The molecule has 0 saturated carbocycles. The summed E-state index contributed by atoms with van der Waals surface area (Å²) in [5.41, 5.74) is 1.61. The number of carbonyl (C=O) groups is 1. The molecule has 2 unspecified atom stereocenters. The Morgan fingerprint density at radius 2 is 1.60 bits per heavy atom. The normalized spacial score (nSPS) is 13.2. The van der Waals surface area contributed by atoms with Crippen LogP contribution in [0.1, 0.15) is 51.8 Å². The van der Waals surface area contributed by atoms with E-state index < -0.39 is 0 Å². The van der Waals surface area contributed by atoms with E-state index in [1.165, 1.54) is 4.68 Å². The molecule has 1 amide bonds. The van der Waals surface area contributed by atoms with Gasteiger partial charge in [0.2, 0.25) is 5.91 Å². The highest BCUT2D eigenvalue weighted by atomic mass is 16.2. The third-order valence-electron chi connectivity index (χ3n) is 5.77. The quantitative estimate of drug-likeness (QED) is 0.570. The van der Waals surface area contributed by atoms with Gasteiger partial charge in [0.25, 0.3) is 5.56 Å². The first kappa shape index (κ1) is 21.7. The van der Waals surface area contributed by atoms with E-state index in [1.54, 1.807) is 18.5 Å². The van der Waals surface area contributed by atoms with Crippen molar-refractivity contribution in [3.8, 4) is 0 Å². The molecule has 6 heteroatoms. The maximum atomic E-state index is 13.2. The van der Waals surface area contributed by atoms with Crippen molar-refractivity contribution < 1.29 is 4.79 Å². The minimum absolute atomic E-state index is 0.0539. The number of benzene rings is 1. The third-order valence-corrected chi connectivity index (χ3v) is 5.77. The van der Waals surface area contributed by atoms with Crippen molar-refractivity contribution >= 4 is 16.7 Å². The minimum Gasteiger partial charge on any atom is -0.336 e. The predicted octanol–water partition coefficient (Wildman–Crippen LogP) is 3.81. The predicted molar refractivity (Wildman–Crippen MR) is 119 cm³/mol. The fourth-order valence-corrected chi connectivity index (χ4v) is 3.77. The molecular formula is C24H30N4O2. The lowest BCUT2D eigenvalue weighted by Crippen LogP contribution is -2.47. The highest BCUT2D eigenvalue weighted by Gasteiger charge is 2.24. The molecule has 3 rings (SSSR count). The fraction of sp³-hybridized carbons (Fsp3) is 0.417. The maximum Gasteiger partial charge on any atom is 0.275 e. The second-order valence-electron chi connectivity index (χ2n) is 7.80. The first-order chi connectivity index (χ1) is 14.5. The zero-order valence-electron chi connectivity index (χ0n) is 18.2. The number of aromatic nitrogens is 3. The number of hydrogen-bond donors (Lipinski definition) is 0. The minimum atomic E-state index is -0.231. The number of carbonyl (C=O) groups excluding carboxylic acids is 1. The van der Waals surface area contributed by atoms with Crippen molar-refractivity contribution in [3.05, 3.63) is 70.4 Å². The second kappa shape index (κ2) is 9.65. The highest BCUT2D eigenvalue weighted by molar-refractivity contribution is 5.84. The lowest BCUT2D eigenvalue weighted by atomic mass is 10.1. The monoisotopic (exact) mass is 406 g/mol. The lowest BCUT2D eigenvalue weighted by molar-refractivity contribution is -0.136. The van der Waals surface area contributed by atoms with Crippen LogP contribution in [0.5, 0.6) is 0 Å². The average molecular weight is 407 g/mol. The number of rotatable bonds is 8. The van der Waals surface area contributed by atoms with Gasteiger partial charge in [0.05, 0.1) is 11.1 Å². The van der Waals surface area contributed by atoms with E-state index in [2.05, 4.69) is 37.8 Å². The Bertz CT molecular complexity index is 1050. The van der Waals surface area contributed by atoms with Crippen LogP contribution >= 0.6 is 0 Å². The van der Waals surface area contributed by atoms with Crippen molar-refractivity contribution in [2.75, 3.05) is 0 Å². The SMILES string of the molecule is CCC(C)N(C(=O)Cn1nc(Cc2ccncc2)c2ccccc2c1=O)C(C)CC. The Morgan fingerprint density at radius 3 is 2.20 bits per heavy atom. The van der Waals surface area contributed by atoms with Crippen LogP contribution in [0.15, 0.2) is 53.6 Å². The topological polar surface area (TPSA) is 68.1 Å². The molecule has 0 N–H and O–H groups in total. The van der Waals surface area contributed by atoms with Gasteiger partial charge in [0.1, 0.15) is 6.54 Å². The van der Waals surface area contributed by atoms with E-state index in [9.17, 15) is 9.59 Å². The first-order valence-corrected chi connectivity index (χ1v) is 10.6. The summed E-state index contributed by atoms with van der Waals surface area (Å²) < 4.78 is 1.33. The lowest BCUT2D eigenvalue weighted by Gasteiger charge is -2.34. The molecule has 0 aliphatic rings. The van der Waals surface area contributed by atoms with Gasteiger partial charge in [-0.15, -0.1) is 0 Å². The Balaban J connectivity index is 2.02. The molecule has 2 atom stereocenters. The molecular weight excluding hydrogens is 376 g/mol. The van der Waals surface area contributed by atoms with Crippen molar-refractivity contribution in [1.29, 1.82) is 0 Å².